The summed E-state index contributed by atoms with van der Waals surface area (Å²) in [6.45, 7) is 1.85. The highest BCUT2D eigenvalue weighted by Crippen LogP contribution is 2.09. The van der Waals surface area contributed by atoms with Crippen LogP contribution in [0.3, 0.4) is 0 Å². The van der Waals surface area contributed by atoms with Gasteiger partial charge in [0.15, 0.2) is 0 Å². The monoisotopic (exact) mass is 259 g/mol. The molecule has 0 spiro atoms. The third-order valence-corrected chi connectivity index (χ3v) is 2.85. The van der Waals surface area contributed by atoms with Gasteiger partial charge in [-0.1, -0.05) is 18.2 Å². The van der Waals surface area contributed by atoms with Crippen molar-refractivity contribution in [3.63, 3.8) is 0 Å². The van der Waals surface area contributed by atoms with Gasteiger partial charge in [0.1, 0.15) is 5.82 Å². The molecule has 0 unspecified atom stereocenters. The molecule has 4 heteroatoms. The Hall–Kier alpha value is -1.78. The normalized spacial score (nSPS) is 10.9. The molecule has 0 fully saturated rings. The van der Waals surface area contributed by atoms with Crippen LogP contribution < -0.4 is 5.73 Å². The maximum absolute atomic E-state index is 13.1. The highest BCUT2D eigenvalue weighted by atomic mass is 19.1. The van der Waals surface area contributed by atoms with E-state index in [9.17, 15) is 4.39 Å². The molecule has 2 rings (SSSR count). The molecule has 0 aliphatic rings. The third-order valence-electron chi connectivity index (χ3n) is 2.85. The molecule has 0 bridgehead atoms. The van der Waals surface area contributed by atoms with Crippen LogP contribution in [0.4, 0.5) is 4.39 Å². The van der Waals surface area contributed by atoms with Crippen LogP contribution in [-0.2, 0) is 19.6 Å². The summed E-state index contributed by atoms with van der Waals surface area (Å²) >= 11 is 0. The fraction of sp³-hybridized carbons (Fsp3) is 0.267. The van der Waals surface area contributed by atoms with Crippen molar-refractivity contribution >= 4 is 0 Å². The van der Waals surface area contributed by atoms with Crippen molar-refractivity contribution in [1.82, 2.24) is 9.88 Å². The van der Waals surface area contributed by atoms with Gasteiger partial charge in [0, 0.05) is 19.6 Å². The van der Waals surface area contributed by atoms with Gasteiger partial charge in [0.2, 0.25) is 0 Å². The summed E-state index contributed by atoms with van der Waals surface area (Å²) in [4.78, 5) is 6.54. The number of benzene rings is 1. The van der Waals surface area contributed by atoms with Gasteiger partial charge < -0.3 is 5.73 Å². The lowest BCUT2D eigenvalue weighted by Crippen LogP contribution is -2.18. The molecule has 0 radical (unpaired) electrons. The Bertz CT molecular complexity index is 542. The van der Waals surface area contributed by atoms with Crippen LogP contribution in [0.25, 0.3) is 0 Å². The standard InChI is InChI=1S/C15H18FN3/c1-19(10-12-4-2-5-13(16)8-12)11-15-7-3-6-14(9-17)18-15/h2-8H,9-11,17H2,1H3. The molecule has 2 aromatic rings. The Balaban J connectivity index is 1.98. The second-order valence-electron chi connectivity index (χ2n) is 4.63. The van der Waals surface area contributed by atoms with Gasteiger partial charge in [0.25, 0.3) is 0 Å². The minimum Gasteiger partial charge on any atom is -0.325 e. The van der Waals surface area contributed by atoms with E-state index >= 15 is 0 Å². The van der Waals surface area contributed by atoms with E-state index in [2.05, 4.69) is 9.88 Å². The molecule has 0 aliphatic carbocycles. The van der Waals surface area contributed by atoms with Crippen LogP contribution in [0.5, 0.6) is 0 Å². The lowest BCUT2D eigenvalue weighted by molar-refractivity contribution is 0.314. The fourth-order valence-electron chi connectivity index (χ4n) is 2.01. The molecule has 1 heterocycles. The summed E-state index contributed by atoms with van der Waals surface area (Å²) in [5.74, 6) is -0.200. The largest absolute Gasteiger partial charge is 0.325 e. The van der Waals surface area contributed by atoms with Crippen molar-refractivity contribution in [3.8, 4) is 0 Å². The number of aromatic nitrogens is 1. The number of halogens is 1. The van der Waals surface area contributed by atoms with Gasteiger partial charge in [-0.25, -0.2) is 4.39 Å². The molecule has 0 saturated heterocycles. The molecule has 0 amide bonds. The quantitative estimate of drug-likeness (QED) is 0.896. The molecule has 19 heavy (non-hydrogen) atoms. The van der Waals surface area contributed by atoms with Gasteiger partial charge in [-0.15, -0.1) is 0 Å². The van der Waals surface area contributed by atoms with Crippen molar-refractivity contribution in [2.75, 3.05) is 7.05 Å². The predicted molar refractivity (Wildman–Crippen MR) is 73.7 cm³/mol. The highest BCUT2D eigenvalue weighted by Gasteiger charge is 2.04. The Morgan fingerprint density at radius 3 is 2.58 bits per heavy atom. The van der Waals surface area contributed by atoms with Gasteiger partial charge in [-0.2, -0.15) is 0 Å². The molecule has 0 saturated carbocycles. The molecule has 0 atom stereocenters. The van der Waals surface area contributed by atoms with Crippen LogP contribution in [0.1, 0.15) is 17.0 Å². The van der Waals surface area contributed by atoms with Crippen LogP contribution in [-0.4, -0.2) is 16.9 Å². The number of nitrogens with zero attached hydrogens (tertiary/aromatic N) is 2. The summed E-state index contributed by atoms with van der Waals surface area (Å²) in [5, 5.41) is 0. The summed E-state index contributed by atoms with van der Waals surface area (Å²) < 4.78 is 13.1. The van der Waals surface area contributed by atoms with Crippen molar-refractivity contribution in [2.45, 2.75) is 19.6 Å². The maximum Gasteiger partial charge on any atom is 0.123 e. The first-order chi connectivity index (χ1) is 9.17. The van der Waals surface area contributed by atoms with Crippen LogP contribution >= 0.6 is 0 Å². The van der Waals surface area contributed by atoms with Gasteiger partial charge in [-0.05, 0) is 36.9 Å². The summed E-state index contributed by atoms with van der Waals surface area (Å²) in [6, 6.07) is 12.5. The van der Waals surface area contributed by atoms with E-state index in [4.69, 9.17) is 5.73 Å². The number of hydrogen-bond acceptors (Lipinski definition) is 3. The second kappa shape index (κ2) is 6.41. The van der Waals surface area contributed by atoms with E-state index in [1.54, 1.807) is 12.1 Å². The zero-order chi connectivity index (χ0) is 13.7. The molecule has 3 nitrogen and oxygen atoms in total. The molecular formula is C15H18FN3. The minimum absolute atomic E-state index is 0.200. The van der Waals surface area contributed by atoms with Crippen molar-refractivity contribution in [3.05, 3.63) is 65.2 Å². The molecule has 100 valence electrons. The first-order valence-electron chi connectivity index (χ1n) is 6.25. The van der Waals surface area contributed by atoms with E-state index in [1.165, 1.54) is 6.07 Å². The SMILES string of the molecule is CN(Cc1cccc(F)c1)Cc1cccc(CN)n1. The lowest BCUT2D eigenvalue weighted by Gasteiger charge is -2.16. The van der Waals surface area contributed by atoms with E-state index in [0.29, 0.717) is 19.6 Å². The van der Waals surface area contributed by atoms with E-state index < -0.39 is 0 Å². The summed E-state index contributed by atoms with van der Waals surface area (Å²) in [5.41, 5.74) is 8.39. The predicted octanol–water partition coefficient (Wildman–Crippen LogP) is 2.31. The Kier molecular flexibility index (Phi) is 4.60. The average Bonchev–Trinajstić information content (AvgIpc) is 2.38. The zero-order valence-corrected chi connectivity index (χ0v) is 11.0. The van der Waals surface area contributed by atoms with Gasteiger partial charge in [0.05, 0.1) is 11.4 Å². The molecular weight excluding hydrogens is 241 g/mol. The number of nitrogens with two attached hydrogens (primary N) is 1. The van der Waals surface area contributed by atoms with Crippen LogP contribution in [0.2, 0.25) is 0 Å². The Morgan fingerprint density at radius 2 is 1.84 bits per heavy atom. The van der Waals surface area contributed by atoms with E-state index in [1.807, 2.05) is 31.3 Å². The average molecular weight is 259 g/mol. The highest BCUT2D eigenvalue weighted by molar-refractivity contribution is 5.16. The summed E-state index contributed by atoms with van der Waals surface area (Å²) in [7, 11) is 1.99. The first-order valence-corrected chi connectivity index (χ1v) is 6.25. The zero-order valence-electron chi connectivity index (χ0n) is 11.0. The van der Waals surface area contributed by atoms with Gasteiger partial charge in [-0.3, -0.25) is 9.88 Å². The second-order valence-corrected chi connectivity index (χ2v) is 4.63. The summed E-state index contributed by atoms with van der Waals surface area (Å²) in [6.07, 6.45) is 0. The van der Waals surface area contributed by atoms with E-state index in [0.717, 1.165) is 17.0 Å². The number of pyridine rings is 1. The van der Waals surface area contributed by atoms with Crippen molar-refractivity contribution in [1.29, 1.82) is 0 Å². The number of rotatable bonds is 5. The fourth-order valence-corrected chi connectivity index (χ4v) is 2.01. The topological polar surface area (TPSA) is 42.1 Å². The van der Waals surface area contributed by atoms with Gasteiger partial charge >= 0.3 is 0 Å². The number of hydrogen-bond donors (Lipinski definition) is 1. The molecule has 2 N–H and O–H groups in total. The minimum atomic E-state index is -0.200. The Morgan fingerprint density at radius 1 is 1.11 bits per heavy atom. The van der Waals surface area contributed by atoms with Crippen molar-refractivity contribution < 1.29 is 4.39 Å². The molecule has 1 aromatic carbocycles. The molecule has 0 aliphatic heterocycles. The van der Waals surface area contributed by atoms with E-state index in [-0.39, 0.29) is 5.82 Å². The smallest absolute Gasteiger partial charge is 0.123 e. The third kappa shape index (κ3) is 4.12. The van der Waals surface area contributed by atoms with Crippen molar-refractivity contribution in [2.24, 2.45) is 5.73 Å². The van der Waals surface area contributed by atoms with Crippen LogP contribution in [0, 0.1) is 5.82 Å². The molecule has 1 aromatic heterocycles. The first kappa shape index (κ1) is 13.6. The maximum atomic E-state index is 13.1. The Labute approximate surface area is 112 Å². The van der Waals surface area contributed by atoms with Crippen LogP contribution in [0.15, 0.2) is 42.5 Å². The lowest BCUT2D eigenvalue weighted by atomic mass is 10.2.